The van der Waals surface area contributed by atoms with Crippen molar-refractivity contribution in [2.75, 3.05) is 0 Å². The van der Waals surface area contributed by atoms with E-state index in [4.69, 9.17) is 0 Å². The Morgan fingerprint density at radius 2 is 1.19 bits per heavy atom. The fourth-order valence-corrected chi connectivity index (χ4v) is 1.55. The summed E-state index contributed by atoms with van der Waals surface area (Å²) in [5.41, 5.74) is 0.699. The van der Waals surface area contributed by atoms with Crippen LogP contribution in [0.15, 0.2) is 34.6 Å². The normalized spacial score (nSPS) is 9.90. The molecule has 0 unspecified atom stereocenters. The molecule has 0 fully saturated rings. The summed E-state index contributed by atoms with van der Waals surface area (Å²) in [6.45, 7) is 0. The molecule has 0 saturated heterocycles. The minimum atomic E-state index is -0.168. The Kier molecular flexibility index (Phi) is 4.34. The summed E-state index contributed by atoms with van der Waals surface area (Å²) in [7, 11) is 0. The molecule has 0 radical (unpaired) electrons. The van der Waals surface area contributed by atoms with Crippen molar-refractivity contribution in [3.05, 3.63) is 45.8 Å². The van der Waals surface area contributed by atoms with E-state index < -0.39 is 0 Å². The van der Waals surface area contributed by atoms with Crippen LogP contribution in [0.5, 0.6) is 0 Å². The van der Waals surface area contributed by atoms with Gasteiger partial charge in [-0.25, -0.2) is 9.97 Å². The summed E-state index contributed by atoms with van der Waals surface area (Å²) in [5.74, 6) is 0. The van der Waals surface area contributed by atoms with Gasteiger partial charge in [0.05, 0.1) is 25.0 Å². The van der Waals surface area contributed by atoms with Gasteiger partial charge >= 0.3 is 0 Å². The molecular formula is C10H8N8O2Zn. The van der Waals surface area contributed by atoms with E-state index >= 15 is 0 Å². The molecule has 4 rings (SSSR count). The SMILES string of the molecule is O=c1[nH]cnc2[nH]ncc12.O=c1[nH]cnc2[nH]ncc12.[Zn]. The second-order valence-electron chi connectivity index (χ2n) is 3.73. The molecule has 0 amide bonds. The maximum atomic E-state index is 10.9. The number of nitrogens with one attached hydrogen (secondary N) is 4. The second-order valence-corrected chi connectivity index (χ2v) is 3.73. The molecule has 0 aliphatic carbocycles. The Balaban J connectivity index is 0.000000147. The van der Waals surface area contributed by atoms with Gasteiger partial charge in [0.25, 0.3) is 11.1 Å². The Morgan fingerprint density at radius 1 is 0.762 bits per heavy atom. The number of hydrogen-bond donors (Lipinski definition) is 4. The van der Waals surface area contributed by atoms with Crippen molar-refractivity contribution in [3.8, 4) is 0 Å². The first kappa shape index (κ1) is 14.7. The first-order valence-electron chi connectivity index (χ1n) is 5.49. The Morgan fingerprint density at radius 3 is 1.57 bits per heavy atom. The molecule has 0 aliphatic rings. The first-order chi connectivity index (χ1) is 9.75. The van der Waals surface area contributed by atoms with Crippen LogP contribution in [-0.4, -0.2) is 40.3 Å². The van der Waals surface area contributed by atoms with E-state index in [1.807, 2.05) is 0 Å². The molecule has 0 bridgehead atoms. The van der Waals surface area contributed by atoms with Crippen LogP contribution >= 0.6 is 0 Å². The summed E-state index contributed by atoms with van der Waals surface area (Å²) in [6.07, 6.45) is 5.56. The zero-order valence-electron chi connectivity index (χ0n) is 10.6. The van der Waals surface area contributed by atoms with Crippen LogP contribution in [0.2, 0.25) is 0 Å². The first-order valence-corrected chi connectivity index (χ1v) is 5.49. The molecule has 4 aromatic rings. The van der Waals surface area contributed by atoms with Crippen molar-refractivity contribution in [2.45, 2.75) is 0 Å². The van der Waals surface area contributed by atoms with Gasteiger partial charge in [-0.1, -0.05) is 0 Å². The zero-order valence-corrected chi connectivity index (χ0v) is 13.6. The number of aromatic nitrogens is 8. The average molecular weight is 338 g/mol. The van der Waals surface area contributed by atoms with Crippen molar-refractivity contribution in [1.82, 2.24) is 40.3 Å². The van der Waals surface area contributed by atoms with Crippen LogP contribution in [0.25, 0.3) is 22.1 Å². The predicted octanol–water partition coefficient (Wildman–Crippen LogP) is -0.710. The van der Waals surface area contributed by atoms with Gasteiger partial charge in [0.2, 0.25) is 0 Å². The minimum Gasteiger partial charge on any atom is -0.312 e. The Bertz CT molecular complexity index is 888. The van der Waals surface area contributed by atoms with Gasteiger partial charge in [-0.15, -0.1) is 0 Å². The van der Waals surface area contributed by atoms with Crippen LogP contribution in [-0.2, 0) is 19.5 Å². The molecule has 0 spiro atoms. The summed E-state index contributed by atoms with van der Waals surface area (Å²) in [5, 5.41) is 13.4. The van der Waals surface area contributed by atoms with Crippen molar-refractivity contribution in [3.63, 3.8) is 0 Å². The molecule has 4 aromatic heterocycles. The van der Waals surface area contributed by atoms with Crippen LogP contribution in [0, 0.1) is 0 Å². The van der Waals surface area contributed by atoms with Gasteiger partial charge in [-0.05, 0) is 0 Å². The van der Waals surface area contributed by atoms with Gasteiger partial charge in [-0.2, -0.15) is 10.2 Å². The standard InChI is InChI=1S/2C5H4N4O.Zn/c2*10-5-3-1-8-9-4(3)6-2-7-5;/h2*1-2H,(H2,6,7,8,9,10);. The monoisotopic (exact) mass is 336 g/mol. The predicted molar refractivity (Wildman–Crippen MR) is 69.0 cm³/mol. The third-order valence-electron chi connectivity index (χ3n) is 2.51. The van der Waals surface area contributed by atoms with Crippen molar-refractivity contribution >= 4 is 22.1 Å². The Hall–Kier alpha value is -2.68. The molecular weight excluding hydrogens is 330 g/mol. The number of nitrogens with zero attached hydrogens (tertiary/aromatic N) is 4. The molecule has 11 heteroatoms. The topological polar surface area (TPSA) is 149 Å². The molecule has 4 heterocycles. The third-order valence-corrected chi connectivity index (χ3v) is 2.51. The summed E-state index contributed by atoms with van der Waals surface area (Å²) in [4.78, 5) is 34.3. The van der Waals surface area contributed by atoms with Crippen LogP contribution in [0.3, 0.4) is 0 Å². The molecule has 0 aliphatic heterocycles. The molecule has 0 aromatic carbocycles. The molecule has 21 heavy (non-hydrogen) atoms. The van der Waals surface area contributed by atoms with Crippen LogP contribution in [0.1, 0.15) is 0 Å². The maximum absolute atomic E-state index is 10.9. The van der Waals surface area contributed by atoms with E-state index in [1.165, 1.54) is 25.0 Å². The van der Waals surface area contributed by atoms with Crippen LogP contribution in [0.4, 0.5) is 0 Å². The number of H-pyrrole nitrogens is 4. The van der Waals surface area contributed by atoms with Crippen LogP contribution < -0.4 is 11.1 Å². The summed E-state index contributed by atoms with van der Waals surface area (Å²) < 4.78 is 0. The van der Waals surface area contributed by atoms with E-state index in [0.29, 0.717) is 22.1 Å². The van der Waals surface area contributed by atoms with E-state index in [-0.39, 0.29) is 30.6 Å². The van der Waals surface area contributed by atoms with Gasteiger partial charge in [0.15, 0.2) is 11.3 Å². The van der Waals surface area contributed by atoms with Crippen molar-refractivity contribution in [2.24, 2.45) is 0 Å². The molecule has 0 saturated carbocycles. The third kappa shape index (κ3) is 2.92. The van der Waals surface area contributed by atoms with Gasteiger partial charge in [-0.3, -0.25) is 19.8 Å². The fourth-order valence-electron chi connectivity index (χ4n) is 1.55. The smallest absolute Gasteiger partial charge is 0.261 e. The fraction of sp³-hybridized carbons (Fsp3) is 0. The summed E-state index contributed by atoms with van der Waals surface area (Å²) >= 11 is 0. The van der Waals surface area contributed by atoms with Gasteiger partial charge in [0.1, 0.15) is 10.8 Å². The number of rotatable bonds is 0. The van der Waals surface area contributed by atoms with Crippen molar-refractivity contribution < 1.29 is 19.5 Å². The van der Waals surface area contributed by atoms with Crippen molar-refractivity contribution in [1.29, 1.82) is 0 Å². The van der Waals surface area contributed by atoms with E-state index in [1.54, 1.807) is 0 Å². The number of aromatic amines is 4. The van der Waals surface area contributed by atoms with E-state index in [0.717, 1.165) is 0 Å². The van der Waals surface area contributed by atoms with Gasteiger partial charge < -0.3 is 9.97 Å². The molecule has 4 N–H and O–H groups in total. The quantitative estimate of drug-likeness (QED) is 0.311. The van der Waals surface area contributed by atoms with Gasteiger partial charge in [0, 0.05) is 19.5 Å². The maximum Gasteiger partial charge on any atom is 0.261 e. The molecule has 0 atom stereocenters. The Labute approximate surface area is 128 Å². The number of hydrogen-bond acceptors (Lipinski definition) is 6. The largest absolute Gasteiger partial charge is 0.312 e. The minimum absolute atomic E-state index is 0. The zero-order chi connectivity index (χ0) is 13.9. The summed E-state index contributed by atoms with van der Waals surface area (Å²) in [6, 6.07) is 0. The van der Waals surface area contributed by atoms with E-state index in [9.17, 15) is 9.59 Å². The average Bonchev–Trinajstić information content (AvgIpc) is 3.08. The molecule has 102 valence electrons. The second kappa shape index (κ2) is 6.18. The number of fused-ring (bicyclic) bond motifs is 2. The molecule has 10 nitrogen and oxygen atoms in total. The van der Waals surface area contributed by atoms with E-state index in [2.05, 4.69) is 40.3 Å².